The van der Waals surface area contributed by atoms with Crippen molar-refractivity contribution in [3.8, 4) is 5.75 Å². The maximum absolute atomic E-state index is 13.5. The average Bonchev–Trinajstić information content (AvgIpc) is 2.75. The molecule has 15 heteroatoms. The highest BCUT2D eigenvalue weighted by atomic mass is 32.2. The molecule has 0 fully saturated rings. The summed E-state index contributed by atoms with van der Waals surface area (Å²) < 4.78 is 106. The van der Waals surface area contributed by atoms with Crippen LogP contribution >= 0.6 is 0 Å². The zero-order valence-corrected chi connectivity index (χ0v) is 21.8. The lowest BCUT2D eigenvalue weighted by Crippen LogP contribution is -2.45. The number of anilines is 2. The van der Waals surface area contributed by atoms with Gasteiger partial charge in [-0.3, -0.25) is 13.8 Å². The van der Waals surface area contributed by atoms with E-state index in [0.717, 1.165) is 28.8 Å². The zero-order chi connectivity index (χ0) is 27.8. The summed E-state index contributed by atoms with van der Waals surface area (Å²) in [6.07, 6.45) is -5.93. The highest BCUT2D eigenvalue weighted by Crippen LogP contribution is 2.40. The van der Waals surface area contributed by atoms with Crippen LogP contribution in [-0.4, -0.2) is 54.0 Å². The number of nitrogens with zero attached hydrogens (tertiary/aromatic N) is 1. The number of carbonyl (C=O) groups excluding carboxylic acids is 1. The standard InChI is InChI=1S/C22H25F3N2O8S2/c1-21(2,3)35-20(28)26-15-8-9-19-18(11-15)27(12-16(34-19)13-33-36(4,29)30)37(31,32)17-7-5-6-14(10-17)22(23,24)25/h5-11,16H,12-13H2,1-4H3,(H,26,28)/t16-/m1/s1. The quantitative estimate of drug-likeness (QED) is 0.520. The molecular formula is C22H25F3N2O8S2. The topological polar surface area (TPSA) is 128 Å². The van der Waals surface area contributed by atoms with Gasteiger partial charge in [0, 0.05) is 5.69 Å². The van der Waals surface area contributed by atoms with Gasteiger partial charge in [-0.05, 0) is 57.2 Å². The third-order valence-electron chi connectivity index (χ3n) is 4.75. The van der Waals surface area contributed by atoms with Crippen molar-refractivity contribution in [3.63, 3.8) is 0 Å². The van der Waals surface area contributed by atoms with Crippen molar-refractivity contribution in [3.05, 3.63) is 48.0 Å². The average molecular weight is 567 g/mol. The Hall–Kier alpha value is -3.04. The monoisotopic (exact) mass is 566 g/mol. The molecule has 2 aromatic carbocycles. The van der Waals surface area contributed by atoms with E-state index in [1.54, 1.807) is 20.8 Å². The molecule has 0 bridgehead atoms. The molecule has 1 amide bonds. The number of benzene rings is 2. The van der Waals surface area contributed by atoms with Gasteiger partial charge in [0.25, 0.3) is 20.1 Å². The molecule has 2 aromatic rings. The van der Waals surface area contributed by atoms with E-state index in [4.69, 9.17) is 13.7 Å². The van der Waals surface area contributed by atoms with E-state index >= 15 is 0 Å². The summed E-state index contributed by atoms with van der Waals surface area (Å²) in [4.78, 5) is 11.5. The van der Waals surface area contributed by atoms with E-state index in [-0.39, 0.29) is 17.1 Å². The number of hydrogen-bond donors (Lipinski definition) is 1. The van der Waals surface area contributed by atoms with Crippen molar-refractivity contribution >= 4 is 37.6 Å². The predicted molar refractivity (Wildman–Crippen MR) is 127 cm³/mol. The Labute approximate surface area is 212 Å². The summed E-state index contributed by atoms with van der Waals surface area (Å²) in [6, 6.07) is 7.15. The minimum absolute atomic E-state index is 0.0290. The van der Waals surface area contributed by atoms with Gasteiger partial charge in [0.15, 0.2) is 0 Å². The molecule has 0 unspecified atom stereocenters. The normalized spacial score (nSPS) is 16.5. The van der Waals surface area contributed by atoms with Crippen LogP contribution in [0.25, 0.3) is 0 Å². The van der Waals surface area contributed by atoms with E-state index in [1.165, 1.54) is 18.2 Å². The number of halogens is 3. The van der Waals surface area contributed by atoms with Crippen molar-refractivity contribution in [2.75, 3.05) is 29.0 Å². The van der Waals surface area contributed by atoms with Gasteiger partial charge in [0.05, 0.1) is 28.9 Å². The number of ether oxygens (including phenoxy) is 2. The lowest BCUT2D eigenvalue weighted by Gasteiger charge is -2.35. The number of sulfonamides is 1. The number of alkyl halides is 3. The van der Waals surface area contributed by atoms with Gasteiger partial charge in [-0.1, -0.05) is 6.07 Å². The molecule has 0 saturated heterocycles. The third kappa shape index (κ3) is 7.49. The minimum Gasteiger partial charge on any atom is -0.484 e. The maximum Gasteiger partial charge on any atom is 0.416 e. The van der Waals surface area contributed by atoms with Gasteiger partial charge in [0.1, 0.15) is 24.1 Å². The van der Waals surface area contributed by atoms with Crippen LogP contribution in [0, 0.1) is 0 Å². The van der Waals surface area contributed by atoms with Gasteiger partial charge < -0.3 is 9.47 Å². The molecule has 1 aliphatic rings. The molecule has 0 spiro atoms. The summed E-state index contributed by atoms with van der Waals surface area (Å²) >= 11 is 0. The first-order valence-corrected chi connectivity index (χ1v) is 14.0. The van der Waals surface area contributed by atoms with Crippen LogP contribution in [0.1, 0.15) is 26.3 Å². The Bertz CT molecular complexity index is 1390. The van der Waals surface area contributed by atoms with E-state index < -0.39 is 67.7 Å². The smallest absolute Gasteiger partial charge is 0.416 e. The zero-order valence-electron chi connectivity index (χ0n) is 20.2. The number of nitrogens with one attached hydrogen (secondary N) is 1. The molecule has 0 aromatic heterocycles. The Balaban J connectivity index is 2.04. The molecule has 3 rings (SSSR count). The number of carbonyl (C=O) groups is 1. The van der Waals surface area contributed by atoms with Crippen molar-refractivity contribution < 1.29 is 48.5 Å². The second kappa shape index (κ2) is 10.0. The van der Waals surface area contributed by atoms with Crippen LogP contribution in [0.4, 0.5) is 29.3 Å². The first-order valence-electron chi connectivity index (χ1n) is 10.7. The molecule has 0 radical (unpaired) electrons. The molecule has 37 heavy (non-hydrogen) atoms. The predicted octanol–water partition coefficient (Wildman–Crippen LogP) is 3.98. The largest absolute Gasteiger partial charge is 0.484 e. The van der Waals surface area contributed by atoms with Crippen molar-refractivity contribution in [1.82, 2.24) is 0 Å². The lowest BCUT2D eigenvalue weighted by molar-refractivity contribution is -0.137. The summed E-state index contributed by atoms with van der Waals surface area (Å²) in [5, 5.41) is 2.45. The molecule has 204 valence electrons. The lowest BCUT2D eigenvalue weighted by atomic mass is 10.2. The van der Waals surface area contributed by atoms with Gasteiger partial charge in [-0.25, -0.2) is 13.2 Å². The first kappa shape index (κ1) is 28.5. The molecular weight excluding hydrogens is 541 g/mol. The second-order valence-electron chi connectivity index (χ2n) is 9.10. The van der Waals surface area contributed by atoms with Gasteiger partial charge in [0.2, 0.25) is 0 Å². The first-order chi connectivity index (χ1) is 16.8. The summed E-state index contributed by atoms with van der Waals surface area (Å²) in [6.45, 7) is 3.90. The molecule has 10 nitrogen and oxygen atoms in total. The summed E-state index contributed by atoms with van der Waals surface area (Å²) in [7, 11) is -8.51. The van der Waals surface area contributed by atoms with Crippen LogP contribution in [0.5, 0.6) is 5.75 Å². The Kier molecular flexibility index (Phi) is 7.73. The highest BCUT2D eigenvalue weighted by Gasteiger charge is 2.37. The fourth-order valence-corrected chi connectivity index (χ4v) is 5.23. The molecule has 1 heterocycles. The highest BCUT2D eigenvalue weighted by molar-refractivity contribution is 7.92. The number of amides is 1. The molecule has 0 aliphatic carbocycles. The van der Waals surface area contributed by atoms with Crippen molar-refractivity contribution in [1.29, 1.82) is 0 Å². The third-order valence-corrected chi connectivity index (χ3v) is 7.09. The fourth-order valence-electron chi connectivity index (χ4n) is 3.29. The minimum atomic E-state index is -4.79. The molecule has 1 N–H and O–H groups in total. The Morgan fingerprint density at radius 3 is 2.38 bits per heavy atom. The summed E-state index contributed by atoms with van der Waals surface area (Å²) in [5.74, 6) is -0.0290. The Morgan fingerprint density at radius 1 is 1.11 bits per heavy atom. The number of rotatable bonds is 6. The van der Waals surface area contributed by atoms with E-state index in [9.17, 15) is 34.8 Å². The van der Waals surface area contributed by atoms with Crippen LogP contribution in [0.3, 0.4) is 0 Å². The number of hydrogen-bond acceptors (Lipinski definition) is 8. The maximum atomic E-state index is 13.5. The summed E-state index contributed by atoms with van der Waals surface area (Å²) in [5.41, 5.74) is -1.96. The van der Waals surface area contributed by atoms with Gasteiger partial charge >= 0.3 is 12.3 Å². The van der Waals surface area contributed by atoms with E-state index in [0.29, 0.717) is 6.07 Å². The van der Waals surface area contributed by atoms with Crippen LogP contribution < -0.4 is 14.4 Å². The molecule has 1 aliphatic heterocycles. The Morgan fingerprint density at radius 2 is 1.78 bits per heavy atom. The molecule has 1 atom stereocenters. The molecule has 0 saturated carbocycles. The van der Waals surface area contributed by atoms with Crippen LogP contribution in [0.2, 0.25) is 0 Å². The van der Waals surface area contributed by atoms with Gasteiger partial charge in [-0.2, -0.15) is 21.6 Å². The van der Waals surface area contributed by atoms with Crippen LogP contribution in [-0.2, 0) is 35.2 Å². The van der Waals surface area contributed by atoms with E-state index in [2.05, 4.69) is 5.32 Å². The van der Waals surface area contributed by atoms with Crippen molar-refractivity contribution in [2.24, 2.45) is 0 Å². The second-order valence-corrected chi connectivity index (χ2v) is 12.6. The fraction of sp³-hybridized carbons (Fsp3) is 0.409. The van der Waals surface area contributed by atoms with Crippen molar-refractivity contribution in [2.45, 2.75) is 43.5 Å². The SMILES string of the molecule is CC(C)(C)OC(=O)Nc1ccc2c(c1)N(S(=O)(=O)c1cccc(C(F)(F)F)c1)C[C@H](COS(C)(=O)=O)O2. The van der Waals surface area contributed by atoms with E-state index in [1.807, 2.05) is 0 Å². The van der Waals surface area contributed by atoms with Crippen LogP contribution in [0.15, 0.2) is 47.4 Å². The van der Waals surface area contributed by atoms with Gasteiger partial charge in [-0.15, -0.1) is 0 Å². The number of fused-ring (bicyclic) bond motifs is 1.